The van der Waals surface area contributed by atoms with Crippen molar-refractivity contribution in [3.63, 3.8) is 0 Å². The summed E-state index contributed by atoms with van der Waals surface area (Å²) in [6.45, 7) is 1.65. The molecule has 0 unspecified atom stereocenters. The molecule has 3 rings (SSSR count). The van der Waals surface area contributed by atoms with Crippen molar-refractivity contribution in [3.05, 3.63) is 40.6 Å². The summed E-state index contributed by atoms with van der Waals surface area (Å²) in [7, 11) is 0.279. The van der Waals surface area contributed by atoms with Gasteiger partial charge in [0.05, 0.1) is 34.3 Å². The van der Waals surface area contributed by atoms with Gasteiger partial charge in [0.1, 0.15) is 5.56 Å². The number of nitrogens with zero attached hydrogens (tertiary/aromatic N) is 3. The number of hydrogen-bond donors (Lipinski definition) is 1. The topological polar surface area (TPSA) is 111 Å². The van der Waals surface area contributed by atoms with Crippen molar-refractivity contribution in [1.29, 1.82) is 0 Å². The number of aromatic nitrogens is 2. The van der Waals surface area contributed by atoms with Crippen LogP contribution in [0.2, 0.25) is 0 Å². The number of esters is 1. The van der Waals surface area contributed by atoms with Gasteiger partial charge in [-0.1, -0.05) is 6.42 Å². The van der Waals surface area contributed by atoms with E-state index in [1.54, 1.807) is 6.92 Å². The summed E-state index contributed by atoms with van der Waals surface area (Å²) in [6.07, 6.45) is 3.92. The van der Waals surface area contributed by atoms with Gasteiger partial charge in [-0.15, -0.1) is 0 Å². The molecule has 2 aromatic rings. The Balaban J connectivity index is 2.18. The zero-order valence-electron chi connectivity index (χ0n) is 16.1. The van der Waals surface area contributed by atoms with Crippen LogP contribution in [0.25, 0.3) is 0 Å². The lowest BCUT2D eigenvalue weighted by atomic mass is 9.96. The molecule has 0 radical (unpaired) electrons. The van der Waals surface area contributed by atoms with Crippen LogP contribution in [0, 0.1) is 6.92 Å². The molecule has 0 saturated carbocycles. The Morgan fingerprint density at radius 3 is 2.39 bits per heavy atom. The Morgan fingerprint density at radius 1 is 1.18 bits per heavy atom. The van der Waals surface area contributed by atoms with E-state index in [1.165, 1.54) is 37.2 Å². The van der Waals surface area contributed by atoms with E-state index in [9.17, 15) is 18.9 Å². The Labute approximate surface area is 163 Å². The summed E-state index contributed by atoms with van der Waals surface area (Å²) in [5.41, 5.74) is 1.11. The van der Waals surface area contributed by atoms with E-state index >= 15 is 0 Å². The first-order valence-electron chi connectivity index (χ1n) is 8.97. The fraction of sp³-hybridized carbons (Fsp3) is 0.421. The van der Waals surface area contributed by atoms with Gasteiger partial charge < -0.3 is 9.84 Å². The van der Waals surface area contributed by atoms with Crippen molar-refractivity contribution in [2.45, 2.75) is 26.2 Å². The first kappa shape index (κ1) is 20.1. The fourth-order valence-corrected chi connectivity index (χ4v) is 5.53. The van der Waals surface area contributed by atoms with Gasteiger partial charge >= 0.3 is 5.97 Å². The molecule has 28 heavy (non-hydrogen) atoms. The van der Waals surface area contributed by atoms with Gasteiger partial charge in [-0.3, -0.25) is 4.79 Å². The van der Waals surface area contributed by atoms with Crippen LogP contribution < -0.4 is 0 Å². The fourth-order valence-electron chi connectivity index (χ4n) is 3.27. The van der Waals surface area contributed by atoms with Crippen LogP contribution in [-0.4, -0.2) is 49.5 Å². The summed E-state index contributed by atoms with van der Waals surface area (Å²) in [5.74, 6) is -0.375. The molecular formula is C19H23N3O5S. The summed E-state index contributed by atoms with van der Waals surface area (Å²) < 4.78 is 23.6. The van der Waals surface area contributed by atoms with Crippen molar-refractivity contribution in [2.75, 3.05) is 18.6 Å². The van der Waals surface area contributed by atoms with Gasteiger partial charge in [0, 0.05) is 24.1 Å². The Kier molecular flexibility index (Phi) is 5.55. The number of aryl methyl sites for hydroxylation is 1. The monoisotopic (exact) mass is 405 g/mol. The lowest BCUT2D eigenvalue weighted by Crippen LogP contribution is -2.16. The number of methoxy groups -OCH3 is 1. The molecule has 0 atom stereocenters. The van der Waals surface area contributed by atoms with Gasteiger partial charge in [-0.05, 0) is 37.5 Å². The minimum absolute atomic E-state index is 0.0456. The second-order valence-electron chi connectivity index (χ2n) is 6.79. The van der Waals surface area contributed by atoms with Crippen molar-refractivity contribution in [1.82, 2.24) is 9.78 Å². The highest BCUT2D eigenvalue weighted by Crippen LogP contribution is 2.33. The lowest BCUT2D eigenvalue weighted by Gasteiger charge is -2.17. The van der Waals surface area contributed by atoms with Gasteiger partial charge in [0.15, 0.2) is 5.78 Å². The van der Waals surface area contributed by atoms with E-state index in [4.69, 9.17) is 4.74 Å². The molecule has 0 bridgehead atoms. The molecule has 2 heterocycles. The van der Waals surface area contributed by atoms with E-state index in [0.717, 1.165) is 19.3 Å². The highest BCUT2D eigenvalue weighted by atomic mass is 32.2. The molecule has 1 aliphatic rings. The predicted octanol–water partition coefficient (Wildman–Crippen LogP) is 2.74. The average molecular weight is 405 g/mol. The highest BCUT2D eigenvalue weighted by molar-refractivity contribution is 7.93. The summed E-state index contributed by atoms with van der Waals surface area (Å²) in [5, 5.41) is 13.9. The first-order valence-corrected chi connectivity index (χ1v) is 10.8. The van der Waals surface area contributed by atoms with Gasteiger partial charge in [0.2, 0.25) is 5.88 Å². The van der Waals surface area contributed by atoms with Crippen LogP contribution in [0.15, 0.2) is 22.7 Å². The average Bonchev–Trinajstić information content (AvgIpc) is 3.01. The Hall–Kier alpha value is -2.68. The zero-order valence-corrected chi connectivity index (χ0v) is 16.9. The van der Waals surface area contributed by atoms with E-state index in [0.29, 0.717) is 17.1 Å². The van der Waals surface area contributed by atoms with Crippen molar-refractivity contribution < 1.29 is 23.6 Å². The number of carbonyl (C=O) groups is 2. The summed E-state index contributed by atoms with van der Waals surface area (Å²) in [6, 6.07) is 2.94. The molecule has 1 aromatic carbocycles. The number of rotatable bonds is 4. The van der Waals surface area contributed by atoms with Gasteiger partial charge in [0.25, 0.3) is 0 Å². The van der Waals surface area contributed by atoms with Gasteiger partial charge in [-0.2, -0.15) is 9.46 Å². The Bertz CT molecular complexity index is 1050. The molecular weight excluding hydrogens is 382 g/mol. The molecule has 150 valence electrons. The minimum Gasteiger partial charge on any atom is -0.493 e. The third kappa shape index (κ3) is 3.66. The van der Waals surface area contributed by atoms with E-state index in [-0.39, 0.29) is 28.3 Å². The minimum atomic E-state index is -2.50. The number of aromatic hydroxyl groups is 1. The molecule has 0 spiro atoms. The molecule has 1 fully saturated rings. The van der Waals surface area contributed by atoms with Crippen LogP contribution in [0.5, 0.6) is 5.88 Å². The third-order valence-electron chi connectivity index (χ3n) is 4.92. The number of carbonyl (C=O) groups excluding carboxylic acids is 2. The molecule has 0 aliphatic carbocycles. The molecule has 9 heteroatoms. The maximum atomic E-state index is 13.1. The zero-order chi connectivity index (χ0) is 20.5. The molecule has 0 amide bonds. The van der Waals surface area contributed by atoms with Gasteiger partial charge in [-0.25, -0.2) is 13.7 Å². The van der Waals surface area contributed by atoms with Crippen LogP contribution in [0.3, 0.4) is 0 Å². The van der Waals surface area contributed by atoms with E-state index in [1.807, 2.05) is 0 Å². The maximum absolute atomic E-state index is 13.1. The van der Waals surface area contributed by atoms with Crippen molar-refractivity contribution in [3.8, 4) is 5.88 Å². The largest absolute Gasteiger partial charge is 0.493 e. The highest BCUT2D eigenvalue weighted by Gasteiger charge is 2.25. The standard InChI is InChI=1S/C19H23N3O5S/c1-12-13(17(23)15-11-20-22(2)18(15)24)7-8-14(19(25)27-3)16(12)21-28(26)9-5-4-6-10-28/h7-8,11,24H,4-6,9-10H2,1-3H3. The van der Waals surface area contributed by atoms with Crippen LogP contribution in [-0.2, 0) is 21.5 Å². The second-order valence-corrected chi connectivity index (χ2v) is 9.34. The Morgan fingerprint density at radius 2 is 1.82 bits per heavy atom. The lowest BCUT2D eigenvalue weighted by molar-refractivity contribution is 0.0601. The third-order valence-corrected chi connectivity index (χ3v) is 7.29. The second kappa shape index (κ2) is 7.75. The smallest absolute Gasteiger partial charge is 0.340 e. The van der Waals surface area contributed by atoms with Crippen LogP contribution >= 0.6 is 0 Å². The molecule has 8 nitrogen and oxygen atoms in total. The van der Waals surface area contributed by atoms with Crippen molar-refractivity contribution >= 4 is 27.2 Å². The number of ketones is 1. The van der Waals surface area contributed by atoms with Crippen LogP contribution in [0.1, 0.15) is 51.1 Å². The summed E-state index contributed by atoms with van der Waals surface area (Å²) in [4.78, 5) is 25.2. The molecule has 1 N–H and O–H groups in total. The number of hydrogen-bond acceptors (Lipinski definition) is 7. The number of benzene rings is 1. The van der Waals surface area contributed by atoms with E-state index in [2.05, 4.69) is 9.46 Å². The quantitative estimate of drug-likeness (QED) is 0.618. The van der Waals surface area contributed by atoms with Crippen molar-refractivity contribution in [2.24, 2.45) is 11.4 Å². The predicted molar refractivity (Wildman–Crippen MR) is 105 cm³/mol. The van der Waals surface area contributed by atoms with E-state index < -0.39 is 21.5 Å². The number of ether oxygens (including phenoxy) is 1. The molecule has 1 aliphatic heterocycles. The SMILES string of the molecule is COC(=O)c1ccc(C(=O)c2cnn(C)c2O)c(C)c1N=S1(=O)CCCCC1. The maximum Gasteiger partial charge on any atom is 0.340 e. The normalized spacial score (nSPS) is 15.8. The first-order chi connectivity index (χ1) is 13.3. The summed E-state index contributed by atoms with van der Waals surface area (Å²) >= 11 is 0. The molecule has 1 saturated heterocycles. The molecule has 1 aromatic heterocycles. The van der Waals surface area contributed by atoms with Crippen LogP contribution in [0.4, 0.5) is 5.69 Å².